The molecule has 0 atom stereocenters. The molecule has 0 fully saturated rings. The molecule has 0 saturated heterocycles. The predicted molar refractivity (Wildman–Crippen MR) is 109 cm³/mol. The minimum absolute atomic E-state index is 0.305. The summed E-state index contributed by atoms with van der Waals surface area (Å²) in [5.41, 5.74) is 3.11. The van der Waals surface area contributed by atoms with Crippen molar-refractivity contribution in [3.8, 4) is 5.75 Å². The van der Waals surface area contributed by atoms with Crippen LogP contribution in [0.3, 0.4) is 0 Å². The molecule has 30 heavy (non-hydrogen) atoms. The molecule has 5 nitrogen and oxygen atoms in total. The van der Waals surface area contributed by atoms with Gasteiger partial charge in [0.1, 0.15) is 12.4 Å². The van der Waals surface area contributed by atoms with Gasteiger partial charge in [0.05, 0.1) is 11.0 Å². The second kappa shape index (κ2) is 8.73. The molecule has 1 aromatic heterocycles. The Morgan fingerprint density at radius 1 is 1.00 bits per heavy atom. The van der Waals surface area contributed by atoms with E-state index in [1.165, 1.54) is 6.07 Å². The lowest BCUT2D eigenvalue weighted by atomic mass is 10.1. The monoisotopic (exact) mass is 407 g/mol. The highest BCUT2D eigenvalue weighted by Crippen LogP contribution is 2.21. The van der Waals surface area contributed by atoms with E-state index >= 15 is 0 Å². The van der Waals surface area contributed by atoms with Crippen LogP contribution in [0.4, 0.5) is 8.78 Å². The number of nitrogens with one attached hydrogen (secondary N) is 2. The van der Waals surface area contributed by atoms with Gasteiger partial charge in [-0.3, -0.25) is 4.79 Å². The van der Waals surface area contributed by atoms with Gasteiger partial charge in [-0.1, -0.05) is 42.5 Å². The second-order valence-corrected chi connectivity index (χ2v) is 6.76. The number of H-pyrrole nitrogens is 1. The Balaban J connectivity index is 1.38. The first-order chi connectivity index (χ1) is 14.6. The van der Waals surface area contributed by atoms with E-state index in [0.717, 1.165) is 11.1 Å². The topological polar surface area (TPSA) is 67.0 Å². The number of alkyl halides is 2. The van der Waals surface area contributed by atoms with Crippen LogP contribution in [0.25, 0.3) is 11.0 Å². The lowest BCUT2D eigenvalue weighted by Gasteiger charge is -2.09. The van der Waals surface area contributed by atoms with Gasteiger partial charge >= 0.3 is 0 Å². The highest BCUT2D eigenvalue weighted by atomic mass is 19.3. The molecule has 0 spiro atoms. The van der Waals surface area contributed by atoms with Gasteiger partial charge < -0.3 is 15.0 Å². The minimum atomic E-state index is -2.69. The molecular weight excluding hydrogens is 388 g/mol. The quantitative estimate of drug-likeness (QED) is 0.453. The third-order valence-corrected chi connectivity index (χ3v) is 4.57. The predicted octanol–water partition coefficient (Wildman–Crippen LogP) is 5.01. The van der Waals surface area contributed by atoms with Gasteiger partial charge in [0.2, 0.25) is 0 Å². The van der Waals surface area contributed by atoms with Crippen LogP contribution >= 0.6 is 0 Å². The van der Waals surface area contributed by atoms with Crippen LogP contribution in [-0.2, 0) is 13.2 Å². The largest absolute Gasteiger partial charge is 0.489 e. The van der Waals surface area contributed by atoms with E-state index in [1.807, 2.05) is 54.6 Å². The fraction of sp³-hybridized carbons (Fsp3) is 0.130. The van der Waals surface area contributed by atoms with Crippen molar-refractivity contribution < 1.29 is 18.3 Å². The van der Waals surface area contributed by atoms with Crippen LogP contribution in [0.15, 0.2) is 72.8 Å². The molecule has 4 aromatic rings. The number of aromatic nitrogens is 2. The fourth-order valence-corrected chi connectivity index (χ4v) is 3.04. The Hall–Kier alpha value is -3.74. The summed E-state index contributed by atoms with van der Waals surface area (Å²) in [6.07, 6.45) is -2.69. The van der Waals surface area contributed by atoms with Crippen LogP contribution < -0.4 is 10.1 Å². The third kappa shape index (κ3) is 4.63. The molecule has 0 aliphatic carbocycles. The van der Waals surface area contributed by atoms with E-state index in [0.29, 0.717) is 35.5 Å². The standard InChI is InChI=1S/C23H19F2N3O2/c24-21(25)22-27-19-10-9-17(12-20(19)28-22)23(29)26-13-16-7-4-8-18(11-16)30-14-15-5-2-1-3-6-15/h1-12,21H,13-14H2,(H,26,29)(H,27,28). The Kier molecular flexibility index (Phi) is 5.70. The minimum Gasteiger partial charge on any atom is -0.489 e. The van der Waals surface area contributed by atoms with Crippen molar-refractivity contribution in [2.75, 3.05) is 0 Å². The van der Waals surface area contributed by atoms with Gasteiger partial charge in [0.25, 0.3) is 12.3 Å². The summed E-state index contributed by atoms with van der Waals surface area (Å²) in [5.74, 6) is -0.000380. The summed E-state index contributed by atoms with van der Waals surface area (Å²) in [6, 6.07) is 22.0. The maximum absolute atomic E-state index is 12.8. The van der Waals surface area contributed by atoms with Gasteiger partial charge in [0, 0.05) is 12.1 Å². The molecule has 152 valence electrons. The SMILES string of the molecule is O=C(NCc1cccc(OCc2ccccc2)c1)c1ccc2nc(C(F)F)[nH]c2c1. The van der Waals surface area contributed by atoms with Crippen molar-refractivity contribution in [3.63, 3.8) is 0 Å². The number of benzene rings is 3. The number of fused-ring (bicyclic) bond motifs is 1. The molecule has 4 rings (SSSR count). The summed E-state index contributed by atoms with van der Waals surface area (Å²) < 4.78 is 31.4. The smallest absolute Gasteiger partial charge is 0.295 e. The van der Waals surface area contributed by atoms with Crippen LogP contribution in [0.5, 0.6) is 5.75 Å². The van der Waals surface area contributed by atoms with E-state index in [-0.39, 0.29) is 5.91 Å². The number of imidazole rings is 1. The van der Waals surface area contributed by atoms with Crippen molar-refractivity contribution in [2.45, 2.75) is 19.6 Å². The first kappa shape index (κ1) is 19.6. The first-order valence-electron chi connectivity index (χ1n) is 9.40. The number of rotatable bonds is 7. The van der Waals surface area contributed by atoms with Crippen molar-refractivity contribution >= 4 is 16.9 Å². The lowest BCUT2D eigenvalue weighted by molar-refractivity contribution is 0.0951. The maximum Gasteiger partial charge on any atom is 0.295 e. The molecule has 1 heterocycles. The van der Waals surface area contributed by atoms with Gasteiger partial charge in [0.15, 0.2) is 5.82 Å². The van der Waals surface area contributed by atoms with Crippen LogP contribution in [0, 0.1) is 0 Å². The summed E-state index contributed by atoms with van der Waals surface area (Å²) in [5, 5.41) is 2.83. The zero-order valence-electron chi connectivity index (χ0n) is 15.9. The van der Waals surface area contributed by atoms with Crippen LogP contribution in [0.2, 0.25) is 0 Å². The van der Waals surface area contributed by atoms with Gasteiger partial charge in [-0.2, -0.15) is 0 Å². The number of hydrogen-bond donors (Lipinski definition) is 2. The Morgan fingerprint density at radius 2 is 1.80 bits per heavy atom. The van der Waals surface area contributed by atoms with Crippen LogP contribution in [0.1, 0.15) is 33.7 Å². The van der Waals surface area contributed by atoms with E-state index in [9.17, 15) is 13.6 Å². The highest BCUT2D eigenvalue weighted by molar-refractivity contribution is 5.97. The van der Waals surface area contributed by atoms with Gasteiger partial charge in [-0.25, -0.2) is 13.8 Å². The number of nitrogens with zero attached hydrogens (tertiary/aromatic N) is 1. The summed E-state index contributed by atoms with van der Waals surface area (Å²) >= 11 is 0. The van der Waals surface area contributed by atoms with Crippen molar-refractivity contribution in [3.05, 3.63) is 95.3 Å². The Labute approximate surface area is 171 Å². The summed E-state index contributed by atoms with van der Waals surface area (Å²) in [6.45, 7) is 0.770. The molecule has 0 saturated carbocycles. The second-order valence-electron chi connectivity index (χ2n) is 6.76. The van der Waals surface area contributed by atoms with Gasteiger partial charge in [-0.05, 0) is 41.5 Å². The lowest BCUT2D eigenvalue weighted by Crippen LogP contribution is -2.22. The van der Waals surface area contributed by atoms with E-state index in [4.69, 9.17) is 4.74 Å². The fourth-order valence-electron chi connectivity index (χ4n) is 3.04. The molecule has 3 aromatic carbocycles. The molecule has 0 aliphatic rings. The zero-order valence-corrected chi connectivity index (χ0v) is 15.9. The number of amides is 1. The number of hydrogen-bond acceptors (Lipinski definition) is 3. The number of carbonyl (C=O) groups is 1. The molecule has 1 amide bonds. The number of aromatic amines is 1. The third-order valence-electron chi connectivity index (χ3n) is 4.57. The van der Waals surface area contributed by atoms with Gasteiger partial charge in [-0.15, -0.1) is 0 Å². The normalized spacial score (nSPS) is 11.0. The summed E-state index contributed by atoms with van der Waals surface area (Å²) in [4.78, 5) is 18.8. The molecule has 7 heteroatoms. The molecule has 0 aliphatic heterocycles. The maximum atomic E-state index is 12.8. The number of ether oxygens (including phenoxy) is 1. The number of carbonyl (C=O) groups excluding carboxylic acids is 1. The van der Waals surface area contributed by atoms with Crippen LogP contribution in [-0.4, -0.2) is 15.9 Å². The van der Waals surface area contributed by atoms with Crippen molar-refractivity contribution in [1.29, 1.82) is 0 Å². The Morgan fingerprint density at radius 3 is 2.60 bits per heavy atom. The molecule has 0 radical (unpaired) electrons. The van der Waals surface area contributed by atoms with E-state index < -0.39 is 12.2 Å². The first-order valence-corrected chi connectivity index (χ1v) is 9.40. The van der Waals surface area contributed by atoms with E-state index in [1.54, 1.807) is 12.1 Å². The molecule has 0 bridgehead atoms. The average Bonchev–Trinajstić information content (AvgIpc) is 3.21. The summed E-state index contributed by atoms with van der Waals surface area (Å²) in [7, 11) is 0. The average molecular weight is 407 g/mol. The Bertz CT molecular complexity index is 1160. The molecule has 0 unspecified atom stereocenters. The number of halogens is 2. The zero-order chi connectivity index (χ0) is 20.9. The molecule has 2 N–H and O–H groups in total. The highest BCUT2D eigenvalue weighted by Gasteiger charge is 2.14. The molecular formula is C23H19F2N3O2. The van der Waals surface area contributed by atoms with E-state index in [2.05, 4.69) is 15.3 Å². The van der Waals surface area contributed by atoms with Crippen molar-refractivity contribution in [1.82, 2.24) is 15.3 Å². The van der Waals surface area contributed by atoms with Crippen molar-refractivity contribution in [2.24, 2.45) is 0 Å².